The second-order valence-electron chi connectivity index (χ2n) is 11.2. The number of rotatable bonds is 7. The summed E-state index contributed by atoms with van der Waals surface area (Å²) in [7, 11) is 0. The van der Waals surface area contributed by atoms with Crippen molar-refractivity contribution in [2.75, 3.05) is 6.61 Å². The van der Waals surface area contributed by atoms with Gasteiger partial charge in [0.2, 0.25) is 5.91 Å². The molecule has 0 radical (unpaired) electrons. The highest BCUT2D eigenvalue weighted by atomic mass is 32.1. The van der Waals surface area contributed by atoms with Gasteiger partial charge >= 0.3 is 0 Å². The van der Waals surface area contributed by atoms with Crippen LogP contribution >= 0.6 is 12.2 Å². The van der Waals surface area contributed by atoms with Crippen LogP contribution in [0.15, 0.2) is 23.8 Å². The smallest absolute Gasteiger partial charge is 0.266 e. The molecule has 3 heterocycles. The monoisotopic (exact) mass is 517 g/mol. The molecule has 3 saturated heterocycles. The molecule has 0 saturated carbocycles. The van der Waals surface area contributed by atoms with E-state index in [9.17, 15) is 9.90 Å². The fourth-order valence-electron chi connectivity index (χ4n) is 5.17. The first-order valence-electron chi connectivity index (χ1n) is 13.3. The molecule has 200 valence electrons. The zero-order valence-electron chi connectivity index (χ0n) is 22.6. The van der Waals surface area contributed by atoms with E-state index in [2.05, 4.69) is 25.8 Å². The minimum absolute atomic E-state index is 0.0449. The average molecular weight is 518 g/mol. The first kappa shape index (κ1) is 28.8. The van der Waals surface area contributed by atoms with E-state index in [1.807, 2.05) is 26.8 Å². The number of ether oxygens (including phenoxy) is 3. The molecule has 3 aliphatic heterocycles. The van der Waals surface area contributed by atoms with Crippen LogP contribution in [0.1, 0.15) is 73.6 Å². The SMILES string of the molecule is C#C[C@@H]1OC2(CC[C@@H]1C)CC[C@H](C)[C@@H](C/C=C(C)/C=C/[C@H](O)[C@@H](C)C(=O)N1C(=S)OC[C@@H]1C(C)C)O2. The lowest BCUT2D eigenvalue weighted by atomic mass is 9.84. The zero-order chi connectivity index (χ0) is 26.6. The molecule has 1 unspecified atom stereocenters. The predicted octanol–water partition coefficient (Wildman–Crippen LogP) is 5.00. The summed E-state index contributed by atoms with van der Waals surface area (Å²) in [5, 5.41) is 10.9. The van der Waals surface area contributed by atoms with Crippen molar-refractivity contribution in [1.29, 1.82) is 0 Å². The molecule has 7 heteroatoms. The molecule has 3 fully saturated rings. The van der Waals surface area contributed by atoms with Gasteiger partial charge in [0, 0.05) is 12.8 Å². The maximum Gasteiger partial charge on any atom is 0.266 e. The quantitative estimate of drug-likeness (QED) is 0.291. The molecule has 6 nitrogen and oxygen atoms in total. The summed E-state index contributed by atoms with van der Waals surface area (Å²) in [6, 6.07) is -0.0988. The number of aliphatic hydroxyl groups excluding tert-OH is 1. The number of allylic oxidation sites excluding steroid dienone is 2. The summed E-state index contributed by atoms with van der Waals surface area (Å²) < 4.78 is 18.3. The van der Waals surface area contributed by atoms with Crippen LogP contribution in [0.4, 0.5) is 0 Å². The molecule has 36 heavy (non-hydrogen) atoms. The van der Waals surface area contributed by atoms with Crippen molar-refractivity contribution in [3.05, 3.63) is 23.8 Å². The summed E-state index contributed by atoms with van der Waals surface area (Å²) in [6.45, 7) is 12.5. The first-order valence-corrected chi connectivity index (χ1v) is 13.7. The van der Waals surface area contributed by atoms with Crippen LogP contribution in [-0.2, 0) is 19.0 Å². The standard InChI is InChI=1S/C29H43NO5S/c1-8-25-20(5)13-15-29(34-25)16-14-21(6)26(35-29)12-10-19(4)9-11-24(31)22(7)27(32)30-23(18(2)3)17-33-28(30)36/h1,9-11,18,20-26,31H,12-17H2,2-7H3/b11-9+,19-10+/t20-,21-,22+,23+,24-,25-,26+,29?/m0/s1. The van der Waals surface area contributed by atoms with Gasteiger partial charge in [0.1, 0.15) is 12.7 Å². The van der Waals surface area contributed by atoms with Gasteiger partial charge < -0.3 is 19.3 Å². The number of aliphatic hydroxyl groups is 1. The van der Waals surface area contributed by atoms with Gasteiger partial charge in [0.05, 0.1) is 24.2 Å². The van der Waals surface area contributed by atoms with Crippen molar-refractivity contribution in [3.8, 4) is 12.3 Å². The Bertz CT molecular complexity index is 904. The second kappa shape index (κ2) is 12.2. The second-order valence-corrected chi connectivity index (χ2v) is 11.6. The fourth-order valence-corrected chi connectivity index (χ4v) is 5.47. The molecular formula is C29H43NO5S. The molecule has 0 aliphatic carbocycles. The highest BCUT2D eigenvalue weighted by molar-refractivity contribution is 7.80. The molecule has 1 spiro atoms. The van der Waals surface area contributed by atoms with Crippen molar-refractivity contribution in [3.63, 3.8) is 0 Å². The van der Waals surface area contributed by atoms with Gasteiger partial charge in [0.25, 0.3) is 5.17 Å². The van der Waals surface area contributed by atoms with E-state index < -0.39 is 17.8 Å². The van der Waals surface area contributed by atoms with Gasteiger partial charge in [-0.1, -0.05) is 64.3 Å². The van der Waals surface area contributed by atoms with Crippen molar-refractivity contribution in [1.82, 2.24) is 4.90 Å². The number of hydrogen-bond donors (Lipinski definition) is 1. The van der Waals surface area contributed by atoms with E-state index in [0.29, 0.717) is 18.4 Å². The maximum atomic E-state index is 13.0. The fraction of sp³-hybridized carbons (Fsp3) is 0.724. The zero-order valence-corrected chi connectivity index (χ0v) is 23.4. The van der Waals surface area contributed by atoms with Crippen molar-refractivity contribution >= 4 is 23.3 Å². The Balaban J connectivity index is 1.58. The largest absolute Gasteiger partial charge is 0.468 e. The van der Waals surface area contributed by atoms with Crippen molar-refractivity contribution < 1.29 is 24.1 Å². The van der Waals surface area contributed by atoms with Gasteiger partial charge in [-0.15, -0.1) is 6.42 Å². The molecule has 0 aromatic carbocycles. The van der Waals surface area contributed by atoms with Crippen molar-refractivity contribution in [2.45, 2.75) is 104 Å². The van der Waals surface area contributed by atoms with Gasteiger partial charge in [0.15, 0.2) is 5.79 Å². The molecule has 0 bridgehead atoms. The third-order valence-corrected chi connectivity index (χ3v) is 8.34. The normalized spacial score (nSPS) is 35.2. The van der Waals surface area contributed by atoms with E-state index >= 15 is 0 Å². The average Bonchev–Trinajstić information content (AvgIpc) is 3.25. The molecule has 0 aromatic rings. The topological polar surface area (TPSA) is 68.2 Å². The van der Waals surface area contributed by atoms with Gasteiger partial charge in [-0.05, 0) is 56.2 Å². The van der Waals surface area contributed by atoms with Crippen LogP contribution in [-0.4, -0.2) is 57.8 Å². The lowest BCUT2D eigenvalue weighted by molar-refractivity contribution is -0.321. The van der Waals surface area contributed by atoms with E-state index in [1.54, 1.807) is 13.0 Å². The molecule has 1 N–H and O–H groups in total. The number of thiocarbonyl (C=S) groups is 1. The van der Waals surface area contributed by atoms with E-state index in [1.165, 1.54) is 4.90 Å². The van der Waals surface area contributed by atoms with Gasteiger partial charge in [-0.3, -0.25) is 9.69 Å². The highest BCUT2D eigenvalue weighted by Crippen LogP contribution is 2.43. The summed E-state index contributed by atoms with van der Waals surface area (Å²) in [4.78, 5) is 14.6. The number of terminal acetylenes is 1. The number of hydrogen-bond acceptors (Lipinski definition) is 6. The van der Waals surface area contributed by atoms with E-state index in [0.717, 1.165) is 37.7 Å². The van der Waals surface area contributed by atoms with Crippen LogP contribution in [0.5, 0.6) is 0 Å². The van der Waals surface area contributed by atoms with E-state index in [-0.39, 0.29) is 35.2 Å². The van der Waals surface area contributed by atoms with Crippen LogP contribution < -0.4 is 0 Å². The Morgan fingerprint density at radius 3 is 2.56 bits per heavy atom. The third kappa shape index (κ3) is 6.58. The van der Waals surface area contributed by atoms with Crippen LogP contribution in [0.2, 0.25) is 0 Å². The van der Waals surface area contributed by atoms with Gasteiger partial charge in [-0.25, -0.2) is 0 Å². The summed E-state index contributed by atoms with van der Waals surface area (Å²) in [6.07, 6.45) is 14.8. The molecule has 8 atom stereocenters. The van der Waals surface area contributed by atoms with Crippen molar-refractivity contribution in [2.24, 2.45) is 23.7 Å². The molecular weight excluding hydrogens is 474 g/mol. The Labute approximate surface area is 222 Å². The van der Waals surface area contributed by atoms with Gasteiger partial charge in [-0.2, -0.15) is 0 Å². The molecule has 1 amide bonds. The lowest BCUT2D eigenvalue weighted by Gasteiger charge is -2.48. The first-order chi connectivity index (χ1) is 17.0. The Morgan fingerprint density at radius 1 is 1.25 bits per heavy atom. The Morgan fingerprint density at radius 2 is 1.92 bits per heavy atom. The van der Waals surface area contributed by atoms with Crippen LogP contribution in [0.25, 0.3) is 0 Å². The molecule has 0 aromatic heterocycles. The Kier molecular flexibility index (Phi) is 9.79. The summed E-state index contributed by atoms with van der Waals surface area (Å²) in [5.41, 5.74) is 1.00. The highest BCUT2D eigenvalue weighted by Gasteiger charge is 2.46. The lowest BCUT2D eigenvalue weighted by Crippen LogP contribution is -2.51. The Hall–Kier alpha value is -1.72. The third-order valence-electron chi connectivity index (χ3n) is 8.03. The number of carbonyl (C=O) groups excluding carboxylic acids is 1. The minimum atomic E-state index is -0.927. The predicted molar refractivity (Wildman–Crippen MR) is 145 cm³/mol. The van der Waals surface area contributed by atoms with E-state index in [4.69, 9.17) is 32.9 Å². The summed E-state index contributed by atoms with van der Waals surface area (Å²) in [5.74, 6) is 2.34. The molecule has 3 rings (SSSR count). The molecule has 3 aliphatic rings. The van der Waals surface area contributed by atoms with Crippen LogP contribution in [0.3, 0.4) is 0 Å². The number of carbonyl (C=O) groups is 1. The summed E-state index contributed by atoms with van der Waals surface area (Å²) >= 11 is 5.24. The maximum absolute atomic E-state index is 13.0. The number of amides is 1. The van der Waals surface area contributed by atoms with Crippen LogP contribution in [0, 0.1) is 36.0 Å². The minimum Gasteiger partial charge on any atom is -0.468 e. The number of nitrogens with zero attached hydrogens (tertiary/aromatic N) is 1.